The average Bonchev–Trinajstić information content (AvgIpc) is 3.51. The molecule has 0 saturated carbocycles. The van der Waals surface area contributed by atoms with E-state index in [4.69, 9.17) is 9.84 Å². The molecule has 0 unspecified atom stereocenters. The average molecular weight is 412 g/mol. The Morgan fingerprint density at radius 2 is 1.65 bits per heavy atom. The molecule has 1 aromatic carbocycles. The molecule has 0 amide bonds. The molecule has 5 aromatic rings. The van der Waals surface area contributed by atoms with Crippen LogP contribution in [0.2, 0.25) is 0 Å². The van der Waals surface area contributed by atoms with Gasteiger partial charge in [-0.2, -0.15) is 15.3 Å². The highest BCUT2D eigenvalue weighted by molar-refractivity contribution is 5.87. The number of aryl methyl sites for hydroxylation is 1. The molecule has 7 nitrogen and oxygen atoms in total. The third kappa shape index (κ3) is 3.18. The number of aromatic nitrogens is 6. The SMILES string of the molecule is COc1cc(-c2cnn(C)c2)cn2ncc(-c3cnn(-c4ccccc4)c3C(C)C)c12. The van der Waals surface area contributed by atoms with Gasteiger partial charge >= 0.3 is 0 Å². The summed E-state index contributed by atoms with van der Waals surface area (Å²) < 4.78 is 11.5. The standard InChI is InChI=1S/C24H24N6O/c1-16(2)23-20(13-27-30(23)19-8-6-5-7-9-19)21-12-26-29-15-17(10-22(31-4)24(21)29)18-11-25-28(3)14-18/h5-16H,1-4H3. The van der Waals surface area contributed by atoms with Crippen molar-refractivity contribution in [1.82, 2.24) is 29.2 Å². The second-order valence-electron chi connectivity index (χ2n) is 7.90. The van der Waals surface area contributed by atoms with Crippen molar-refractivity contribution in [3.05, 3.63) is 73.1 Å². The lowest BCUT2D eigenvalue weighted by Gasteiger charge is -2.13. The van der Waals surface area contributed by atoms with Crippen LogP contribution < -0.4 is 4.74 Å². The van der Waals surface area contributed by atoms with E-state index in [2.05, 4.69) is 36.2 Å². The molecule has 0 aliphatic carbocycles. The monoisotopic (exact) mass is 412 g/mol. The zero-order valence-corrected chi connectivity index (χ0v) is 18.0. The molecular weight excluding hydrogens is 388 g/mol. The number of benzene rings is 1. The van der Waals surface area contributed by atoms with Gasteiger partial charge in [-0.15, -0.1) is 0 Å². The van der Waals surface area contributed by atoms with Gasteiger partial charge in [-0.3, -0.25) is 4.68 Å². The predicted octanol–water partition coefficient (Wildman–Crippen LogP) is 4.72. The Labute approximate surface area is 180 Å². The first-order valence-electron chi connectivity index (χ1n) is 10.2. The lowest BCUT2D eigenvalue weighted by molar-refractivity contribution is 0.418. The maximum atomic E-state index is 5.79. The fourth-order valence-corrected chi connectivity index (χ4v) is 4.06. The first-order valence-corrected chi connectivity index (χ1v) is 10.2. The Morgan fingerprint density at radius 3 is 2.32 bits per heavy atom. The quantitative estimate of drug-likeness (QED) is 0.419. The number of pyridine rings is 1. The lowest BCUT2D eigenvalue weighted by atomic mass is 10.00. The van der Waals surface area contributed by atoms with Gasteiger partial charge in [-0.1, -0.05) is 32.0 Å². The molecule has 0 atom stereocenters. The van der Waals surface area contributed by atoms with Crippen LogP contribution in [0.5, 0.6) is 5.75 Å². The van der Waals surface area contributed by atoms with Gasteiger partial charge in [0.25, 0.3) is 0 Å². The van der Waals surface area contributed by atoms with E-state index in [0.717, 1.165) is 44.9 Å². The minimum atomic E-state index is 0.272. The summed E-state index contributed by atoms with van der Waals surface area (Å²) in [7, 11) is 3.60. The topological polar surface area (TPSA) is 62.2 Å². The van der Waals surface area contributed by atoms with Crippen LogP contribution in [0.15, 0.2) is 67.4 Å². The lowest BCUT2D eigenvalue weighted by Crippen LogP contribution is -2.04. The molecular formula is C24H24N6O. The van der Waals surface area contributed by atoms with Crippen molar-refractivity contribution in [2.24, 2.45) is 7.05 Å². The van der Waals surface area contributed by atoms with Gasteiger partial charge in [-0.05, 0) is 24.1 Å². The second kappa shape index (κ2) is 7.43. The third-order valence-electron chi connectivity index (χ3n) is 5.48. The van der Waals surface area contributed by atoms with Crippen LogP contribution in [-0.2, 0) is 7.05 Å². The van der Waals surface area contributed by atoms with Gasteiger partial charge in [-0.25, -0.2) is 9.20 Å². The number of para-hydroxylation sites is 1. The van der Waals surface area contributed by atoms with Gasteiger partial charge in [0, 0.05) is 41.7 Å². The molecule has 5 rings (SSSR count). The van der Waals surface area contributed by atoms with Gasteiger partial charge < -0.3 is 4.74 Å². The molecule has 4 heterocycles. The van der Waals surface area contributed by atoms with E-state index in [9.17, 15) is 0 Å². The zero-order valence-electron chi connectivity index (χ0n) is 18.0. The van der Waals surface area contributed by atoms with Crippen LogP contribution >= 0.6 is 0 Å². The molecule has 4 aromatic heterocycles. The van der Waals surface area contributed by atoms with Crippen LogP contribution in [0.3, 0.4) is 0 Å². The number of nitrogens with zero attached hydrogens (tertiary/aromatic N) is 6. The molecule has 0 radical (unpaired) electrons. The number of fused-ring (bicyclic) bond motifs is 1. The van der Waals surface area contributed by atoms with Crippen molar-refractivity contribution < 1.29 is 4.74 Å². The molecule has 156 valence electrons. The van der Waals surface area contributed by atoms with Gasteiger partial charge in [0.05, 0.1) is 37.1 Å². The number of methoxy groups -OCH3 is 1. The molecule has 0 bridgehead atoms. The normalized spacial score (nSPS) is 11.5. The summed E-state index contributed by atoms with van der Waals surface area (Å²) in [5.41, 5.74) is 7.17. The zero-order chi connectivity index (χ0) is 21.5. The van der Waals surface area contributed by atoms with Crippen molar-refractivity contribution in [2.45, 2.75) is 19.8 Å². The highest BCUT2D eigenvalue weighted by Crippen LogP contribution is 2.38. The Hall–Kier alpha value is -3.87. The molecule has 0 spiro atoms. The molecule has 0 aliphatic heterocycles. The molecule has 0 N–H and O–H groups in total. The van der Waals surface area contributed by atoms with E-state index >= 15 is 0 Å². The number of hydrogen-bond acceptors (Lipinski definition) is 4. The highest BCUT2D eigenvalue weighted by atomic mass is 16.5. The molecule has 0 saturated heterocycles. The number of rotatable bonds is 5. The summed E-state index contributed by atoms with van der Waals surface area (Å²) in [6, 6.07) is 12.2. The van der Waals surface area contributed by atoms with Crippen LogP contribution in [0.4, 0.5) is 0 Å². The van der Waals surface area contributed by atoms with E-state index in [1.165, 1.54) is 0 Å². The summed E-state index contributed by atoms with van der Waals surface area (Å²) in [5.74, 6) is 1.03. The summed E-state index contributed by atoms with van der Waals surface area (Å²) in [5, 5.41) is 13.7. The van der Waals surface area contributed by atoms with E-state index in [-0.39, 0.29) is 5.92 Å². The van der Waals surface area contributed by atoms with Crippen LogP contribution in [0.1, 0.15) is 25.5 Å². The van der Waals surface area contributed by atoms with Crippen molar-refractivity contribution in [2.75, 3.05) is 7.11 Å². The largest absolute Gasteiger partial charge is 0.494 e. The summed E-state index contributed by atoms with van der Waals surface area (Å²) in [6.07, 6.45) is 9.64. The third-order valence-corrected chi connectivity index (χ3v) is 5.48. The van der Waals surface area contributed by atoms with Crippen molar-refractivity contribution in [3.8, 4) is 33.7 Å². The molecule has 0 aliphatic rings. The van der Waals surface area contributed by atoms with Crippen molar-refractivity contribution >= 4 is 5.52 Å². The Morgan fingerprint density at radius 1 is 0.871 bits per heavy atom. The maximum Gasteiger partial charge on any atom is 0.145 e. The van der Waals surface area contributed by atoms with Gasteiger partial charge in [0.1, 0.15) is 11.3 Å². The highest BCUT2D eigenvalue weighted by Gasteiger charge is 2.22. The van der Waals surface area contributed by atoms with E-state index in [1.54, 1.807) is 11.8 Å². The first-order chi connectivity index (χ1) is 15.1. The van der Waals surface area contributed by atoms with Gasteiger partial charge in [0.2, 0.25) is 0 Å². The summed E-state index contributed by atoms with van der Waals surface area (Å²) >= 11 is 0. The molecule has 0 fully saturated rings. The number of ether oxygens (including phenoxy) is 1. The van der Waals surface area contributed by atoms with Crippen molar-refractivity contribution in [1.29, 1.82) is 0 Å². The van der Waals surface area contributed by atoms with Crippen molar-refractivity contribution in [3.63, 3.8) is 0 Å². The van der Waals surface area contributed by atoms with Crippen LogP contribution in [0.25, 0.3) is 33.5 Å². The predicted molar refractivity (Wildman–Crippen MR) is 121 cm³/mol. The smallest absolute Gasteiger partial charge is 0.145 e. The van der Waals surface area contributed by atoms with Crippen LogP contribution in [-0.4, -0.2) is 36.3 Å². The maximum absolute atomic E-state index is 5.79. The second-order valence-corrected chi connectivity index (χ2v) is 7.90. The number of hydrogen-bond donors (Lipinski definition) is 0. The van der Waals surface area contributed by atoms with Crippen LogP contribution in [0, 0.1) is 0 Å². The molecule has 7 heteroatoms. The minimum absolute atomic E-state index is 0.272. The van der Waals surface area contributed by atoms with E-state index in [0.29, 0.717) is 0 Å². The van der Waals surface area contributed by atoms with E-state index in [1.807, 2.05) is 71.5 Å². The van der Waals surface area contributed by atoms with E-state index < -0.39 is 0 Å². The Bertz CT molecular complexity index is 1360. The van der Waals surface area contributed by atoms with Gasteiger partial charge in [0.15, 0.2) is 0 Å². The summed E-state index contributed by atoms with van der Waals surface area (Å²) in [4.78, 5) is 0. The Balaban J connectivity index is 1.71. The fraction of sp³-hybridized carbons (Fsp3) is 0.208. The minimum Gasteiger partial charge on any atom is -0.494 e. The fourth-order valence-electron chi connectivity index (χ4n) is 4.06. The molecule has 31 heavy (non-hydrogen) atoms. The summed E-state index contributed by atoms with van der Waals surface area (Å²) in [6.45, 7) is 4.37. The Kier molecular flexibility index (Phi) is 4.58. The first kappa shape index (κ1) is 19.1.